The summed E-state index contributed by atoms with van der Waals surface area (Å²) in [6.07, 6.45) is 4.28. The molecule has 7 aromatic carbocycles. The van der Waals surface area contributed by atoms with Gasteiger partial charge in [0, 0.05) is 45.9 Å². The molecule has 2 aliphatic rings. The maximum atomic E-state index is 6.88. The number of pyridine rings is 1. The van der Waals surface area contributed by atoms with Gasteiger partial charge < -0.3 is 14.5 Å². The number of hydrogen-bond donors (Lipinski definition) is 0. The van der Waals surface area contributed by atoms with Crippen molar-refractivity contribution in [1.29, 1.82) is 0 Å². The van der Waals surface area contributed by atoms with Crippen molar-refractivity contribution >= 4 is 44.6 Å². The first-order valence-corrected chi connectivity index (χ1v) is 26.4. The molecule has 0 radical (unpaired) electrons. The first-order chi connectivity index (χ1) is 34.5. The van der Waals surface area contributed by atoms with Crippen LogP contribution in [0.3, 0.4) is 0 Å². The van der Waals surface area contributed by atoms with Crippen LogP contribution in [0.5, 0.6) is 11.5 Å². The molecule has 1 aliphatic carbocycles. The number of nitrogens with zero attached hydrogens (tertiary/aromatic N) is 4. The summed E-state index contributed by atoms with van der Waals surface area (Å²) in [5.41, 5.74) is 18.7. The number of ether oxygens (including phenoxy) is 1. The number of hydrogen-bond acceptors (Lipinski definition) is 4. The highest BCUT2D eigenvalue weighted by molar-refractivity contribution is 6.09. The van der Waals surface area contributed by atoms with Gasteiger partial charge in [-0.25, -0.2) is 4.98 Å². The summed E-state index contributed by atoms with van der Waals surface area (Å²) in [4.78, 5) is 9.94. The molecule has 0 atom stereocenters. The summed E-state index contributed by atoms with van der Waals surface area (Å²) in [7, 11) is 0. The fourth-order valence-corrected chi connectivity index (χ4v) is 11.5. The van der Waals surface area contributed by atoms with Gasteiger partial charge >= 0.3 is 0 Å². The van der Waals surface area contributed by atoms with Crippen molar-refractivity contribution in [2.75, 3.05) is 16.5 Å². The summed E-state index contributed by atoms with van der Waals surface area (Å²) in [6, 6.07) is 58.6. The second kappa shape index (κ2) is 17.3. The quantitative estimate of drug-likeness (QED) is 0.159. The number of aromatic nitrogens is 2. The van der Waals surface area contributed by atoms with Crippen LogP contribution in [-0.4, -0.2) is 16.2 Å². The van der Waals surface area contributed by atoms with Gasteiger partial charge in [0.15, 0.2) is 0 Å². The minimum atomic E-state index is -0.0335. The molecule has 0 fully saturated rings. The lowest BCUT2D eigenvalue weighted by Crippen LogP contribution is -2.33. The molecule has 0 bridgehead atoms. The first-order valence-electron chi connectivity index (χ1n) is 26.4. The van der Waals surface area contributed by atoms with Gasteiger partial charge in [0.25, 0.3) is 0 Å². The molecule has 0 unspecified atom stereocenters. The van der Waals surface area contributed by atoms with Gasteiger partial charge in [0.1, 0.15) is 24.0 Å². The maximum absolute atomic E-state index is 6.88. The van der Waals surface area contributed by atoms with Crippen LogP contribution >= 0.6 is 0 Å². The molecular formula is C68H72N4O. The summed E-state index contributed by atoms with van der Waals surface area (Å²) in [6.45, 7) is 31.1. The molecule has 0 saturated heterocycles. The summed E-state index contributed by atoms with van der Waals surface area (Å²) in [5.74, 6) is 2.44. The van der Waals surface area contributed by atoms with Crippen LogP contribution in [0.4, 0.5) is 22.7 Å². The predicted octanol–water partition coefficient (Wildman–Crippen LogP) is 18.8. The second-order valence-electron chi connectivity index (χ2n) is 25.3. The van der Waals surface area contributed by atoms with Crippen LogP contribution in [0.1, 0.15) is 131 Å². The van der Waals surface area contributed by atoms with Crippen LogP contribution in [0, 0.1) is 0 Å². The zero-order valence-corrected chi connectivity index (χ0v) is 45.4. The Kier molecular flexibility index (Phi) is 11.4. The van der Waals surface area contributed by atoms with Gasteiger partial charge in [-0.05, 0) is 133 Å². The highest BCUT2D eigenvalue weighted by Crippen LogP contribution is 2.53. The smallest absolute Gasteiger partial charge is 0.137 e. The Morgan fingerprint density at radius 1 is 0.466 bits per heavy atom. The third-order valence-corrected chi connectivity index (χ3v) is 16.0. The number of benzene rings is 7. The Balaban J connectivity index is 1.03. The number of rotatable bonds is 7. The summed E-state index contributed by atoms with van der Waals surface area (Å²) < 4.78 is 9.16. The fourth-order valence-electron chi connectivity index (χ4n) is 11.5. The standard InChI is InChI=1S/C68H72N4O/c1-64(2,3)46-32-35-69-62(40-46)72-58-25-15-14-22-54(58)55-30-29-51(42-61(55)72)73-50-21-18-20-49(41-50)70-43-71(60-27-17-16-26-59(60)70)63-52(44-28-31-56-57(38-44)68(12,13)34-33-67(56,10)11)23-19-24-53(63)45-36-47(65(4,5)6)39-48(37-45)66(7,8)9/h14-32,35-42H,33-34,43H2,1-13H3. The minimum Gasteiger partial charge on any atom is -0.457 e. The Bertz CT molecular complexity index is 3570. The van der Waals surface area contributed by atoms with E-state index in [1.54, 1.807) is 0 Å². The lowest BCUT2D eigenvalue weighted by atomic mass is 9.63. The molecule has 5 heteroatoms. The molecule has 370 valence electrons. The van der Waals surface area contributed by atoms with Gasteiger partial charge in [-0.1, -0.05) is 181 Å². The van der Waals surface area contributed by atoms with E-state index in [-0.39, 0.29) is 27.1 Å². The molecule has 1 aliphatic heterocycles. The van der Waals surface area contributed by atoms with Crippen molar-refractivity contribution < 1.29 is 4.74 Å². The van der Waals surface area contributed by atoms with Crippen molar-refractivity contribution in [3.05, 3.63) is 192 Å². The minimum absolute atomic E-state index is 0.0149. The highest BCUT2D eigenvalue weighted by atomic mass is 16.5. The van der Waals surface area contributed by atoms with Crippen LogP contribution in [-0.2, 0) is 27.1 Å². The van der Waals surface area contributed by atoms with Gasteiger partial charge in [0.05, 0.1) is 28.1 Å². The van der Waals surface area contributed by atoms with Crippen molar-refractivity contribution in [3.63, 3.8) is 0 Å². The van der Waals surface area contributed by atoms with Crippen LogP contribution < -0.4 is 14.5 Å². The molecule has 0 saturated carbocycles. The van der Waals surface area contributed by atoms with Gasteiger partial charge in [-0.3, -0.25) is 4.57 Å². The van der Waals surface area contributed by atoms with Crippen LogP contribution in [0.2, 0.25) is 0 Å². The second-order valence-corrected chi connectivity index (χ2v) is 25.3. The molecule has 0 N–H and O–H groups in total. The molecule has 2 aromatic heterocycles. The van der Waals surface area contributed by atoms with Crippen molar-refractivity contribution in [2.24, 2.45) is 0 Å². The van der Waals surface area contributed by atoms with Crippen LogP contribution in [0.25, 0.3) is 49.9 Å². The molecule has 9 aromatic rings. The largest absolute Gasteiger partial charge is 0.457 e. The molecule has 0 spiro atoms. The third-order valence-electron chi connectivity index (χ3n) is 16.0. The van der Waals surface area contributed by atoms with Crippen molar-refractivity contribution in [1.82, 2.24) is 9.55 Å². The lowest BCUT2D eigenvalue weighted by molar-refractivity contribution is 0.332. The normalized spacial score (nSPS) is 15.5. The molecule has 5 nitrogen and oxygen atoms in total. The average Bonchev–Trinajstić information content (AvgIpc) is 3.90. The summed E-state index contributed by atoms with van der Waals surface area (Å²) in [5, 5.41) is 2.35. The number of anilines is 4. The molecule has 73 heavy (non-hydrogen) atoms. The average molecular weight is 961 g/mol. The zero-order valence-electron chi connectivity index (χ0n) is 45.4. The SMILES string of the molecule is CC(C)(C)c1cc(-c2cccc(-c3ccc4c(c3)C(C)(C)CCC4(C)C)c2N2CN(c3cccc(Oc4ccc5c6ccccc6n(-c6cc(C(C)(C)C)ccn6)c5c4)c3)c3ccccc32)cc(C(C)(C)C)c1. The maximum Gasteiger partial charge on any atom is 0.137 e. The van der Waals surface area contributed by atoms with E-state index in [4.69, 9.17) is 9.72 Å². The van der Waals surface area contributed by atoms with E-state index >= 15 is 0 Å². The topological polar surface area (TPSA) is 33.5 Å². The van der Waals surface area contributed by atoms with Crippen LogP contribution in [0.15, 0.2) is 164 Å². The van der Waals surface area contributed by atoms with E-state index in [1.165, 1.54) is 79.7 Å². The Morgan fingerprint density at radius 3 is 1.77 bits per heavy atom. The van der Waals surface area contributed by atoms with E-state index in [0.717, 1.165) is 45.1 Å². The summed E-state index contributed by atoms with van der Waals surface area (Å²) >= 11 is 0. The molecule has 11 rings (SSSR count). The first kappa shape index (κ1) is 48.2. The number of fused-ring (bicyclic) bond motifs is 5. The van der Waals surface area contributed by atoms with Gasteiger partial charge in [-0.2, -0.15) is 0 Å². The number of para-hydroxylation sites is 4. The van der Waals surface area contributed by atoms with Crippen molar-refractivity contribution in [3.8, 4) is 39.6 Å². The lowest BCUT2D eigenvalue weighted by Gasteiger charge is -2.42. The molecule has 0 amide bonds. The van der Waals surface area contributed by atoms with E-state index in [1.807, 2.05) is 6.20 Å². The highest BCUT2D eigenvalue weighted by Gasteiger charge is 2.38. The van der Waals surface area contributed by atoms with Gasteiger partial charge in [-0.15, -0.1) is 0 Å². The Labute approximate surface area is 434 Å². The van der Waals surface area contributed by atoms with E-state index in [2.05, 4.69) is 262 Å². The Hall–Kier alpha value is -7.11. The van der Waals surface area contributed by atoms with Gasteiger partial charge in [0.2, 0.25) is 0 Å². The Morgan fingerprint density at radius 2 is 1.07 bits per heavy atom. The fraction of sp³-hybridized carbons (Fsp3) is 0.309. The van der Waals surface area contributed by atoms with E-state index < -0.39 is 0 Å². The van der Waals surface area contributed by atoms with Crippen molar-refractivity contribution in [2.45, 2.75) is 130 Å². The monoisotopic (exact) mass is 961 g/mol. The molecular weight excluding hydrogens is 889 g/mol. The van der Waals surface area contributed by atoms with E-state index in [9.17, 15) is 0 Å². The zero-order chi connectivity index (χ0) is 51.4. The molecule has 3 heterocycles. The van der Waals surface area contributed by atoms with E-state index in [0.29, 0.717) is 6.67 Å². The third kappa shape index (κ3) is 8.69. The predicted molar refractivity (Wildman–Crippen MR) is 309 cm³/mol.